The molecule has 114 valence electrons. The van der Waals surface area contributed by atoms with Gasteiger partial charge in [0.15, 0.2) is 0 Å². The van der Waals surface area contributed by atoms with Crippen molar-refractivity contribution in [3.05, 3.63) is 20.2 Å². The van der Waals surface area contributed by atoms with Crippen LogP contribution in [0.15, 0.2) is 0 Å². The van der Waals surface area contributed by atoms with E-state index in [9.17, 15) is 25.0 Å². The van der Waals surface area contributed by atoms with Gasteiger partial charge >= 0.3 is 5.97 Å². The van der Waals surface area contributed by atoms with Crippen LogP contribution >= 0.6 is 21.6 Å². The number of rotatable bonds is 9. The third-order valence-electron chi connectivity index (χ3n) is 2.48. The number of hydrogen-bond acceptors (Lipinski definition) is 9. The molecule has 0 aromatic rings. The first kappa shape index (κ1) is 16.6. The van der Waals surface area contributed by atoms with Crippen molar-refractivity contribution in [3.8, 4) is 0 Å². The van der Waals surface area contributed by atoms with Crippen LogP contribution in [0.1, 0.15) is 19.3 Å². The number of carbonyl (C=O) groups is 1. The Bertz CT molecular complexity index is 375. The van der Waals surface area contributed by atoms with Crippen LogP contribution in [0.5, 0.6) is 0 Å². The Morgan fingerprint density at radius 2 is 2.00 bits per heavy atom. The number of carboxylic acid groups (broad SMARTS) is 1. The molecule has 1 N–H and O–H groups in total. The molecule has 1 aliphatic heterocycles. The number of carboxylic acids is 1. The highest BCUT2D eigenvalue weighted by Crippen LogP contribution is 2.41. The van der Waals surface area contributed by atoms with E-state index in [2.05, 4.69) is 9.68 Å². The topological polar surface area (TPSA) is 142 Å². The number of hydrogen-bond donors (Lipinski definition) is 1. The first-order valence-electron chi connectivity index (χ1n) is 5.52. The molecule has 0 aliphatic carbocycles. The summed E-state index contributed by atoms with van der Waals surface area (Å²) >= 11 is 0. The Morgan fingerprint density at radius 1 is 1.35 bits per heavy atom. The highest BCUT2D eigenvalue weighted by Gasteiger charge is 2.38. The average Bonchev–Trinajstić information content (AvgIpc) is 2.84. The molecule has 0 aromatic heterocycles. The third-order valence-corrected chi connectivity index (χ3v) is 5.42. The van der Waals surface area contributed by atoms with Crippen molar-refractivity contribution in [2.45, 2.75) is 36.7 Å². The molecule has 20 heavy (non-hydrogen) atoms. The van der Waals surface area contributed by atoms with Gasteiger partial charge in [0.1, 0.15) is 12.2 Å². The van der Waals surface area contributed by atoms with Gasteiger partial charge in [-0.2, -0.15) is 0 Å². The quantitative estimate of drug-likeness (QED) is 0.372. The fraction of sp³-hybridized carbons (Fsp3) is 0.875. The minimum atomic E-state index is -1.29. The van der Waals surface area contributed by atoms with Crippen molar-refractivity contribution in [1.29, 1.82) is 0 Å². The second kappa shape index (κ2) is 7.99. The predicted octanol–water partition coefficient (Wildman–Crippen LogP) is 1.16. The largest absolute Gasteiger partial charge is 0.481 e. The summed E-state index contributed by atoms with van der Waals surface area (Å²) in [6.45, 7) is 0. The molecule has 12 heteroatoms. The molecule has 1 heterocycles. The van der Waals surface area contributed by atoms with Gasteiger partial charge in [0, 0.05) is 17.4 Å². The van der Waals surface area contributed by atoms with Crippen LogP contribution in [0.3, 0.4) is 0 Å². The van der Waals surface area contributed by atoms with Crippen LogP contribution in [0, 0.1) is 20.2 Å². The van der Waals surface area contributed by atoms with Crippen LogP contribution in [-0.2, 0) is 14.5 Å². The van der Waals surface area contributed by atoms with E-state index >= 15 is 0 Å². The SMILES string of the molecule is O=C(O)CCC(O[N+](=O)[O-])C(O[N+](=O)[O-])C1CCSS1. The van der Waals surface area contributed by atoms with Crippen molar-refractivity contribution < 1.29 is 29.7 Å². The summed E-state index contributed by atoms with van der Waals surface area (Å²) in [6, 6.07) is 0. The lowest BCUT2D eigenvalue weighted by Gasteiger charge is -2.26. The van der Waals surface area contributed by atoms with E-state index in [1.807, 2.05) is 0 Å². The molecule has 1 fully saturated rings. The van der Waals surface area contributed by atoms with E-state index in [4.69, 9.17) is 5.11 Å². The molecule has 3 atom stereocenters. The predicted molar refractivity (Wildman–Crippen MR) is 69.1 cm³/mol. The maximum absolute atomic E-state index is 10.5. The Balaban J connectivity index is 2.79. The summed E-state index contributed by atoms with van der Waals surface area (Å²) in [5.74, 6) is -0.438. The summed E-state index contributed by atoms with van der Waals surface area (Å²) < 4.78 is 0. The van der Waals surface area contributed by atoms with Crippen molar-refractivity contribution in [3.63, 3.8) is 0 Å². The van der Waals surface area contributed by atoms with E-state index in [1.54, 1.807) is 0 Å². The summed E-state index contributed by atoms with van der Waals surface area (Å²) in [5, 5.41) is 27.1. The van der Waals surface area contributed by atoms with Gasteiger partial charge in [0.05, 0.1) is 0 Å². The summed E-state index contributed by atoms with van der Waals surface area (Å²) in [7, 11) is 2.79. The van der Waals surface area contributed by atoms with Crippen LogP contribution in [-0.4, -0.2) is 44.5 Å². The molecule has 0 amide bonds. The zero-order valence-corrected chi connectivity index (χ0v) is 11.7. The first-order valence-corrected chi connectivity index (χ1v) is 7.90. The average molecular weight is 328 g/mol. The van der Waals surface area contributed by atoms with Gasteiger partial charge in [0.25, 0.3) is 10.2 Å². The second-order valence-corrected chi connectivity index (χ2v) is 6.57. The normalized spacial score (nSPS) is 20.9. The molecule has 0 radical (unpaired) electrons. The van der Waals surface area contributed by atoms with Crippen molar-refractivity contribution in [1.82, 2.24) is 0 Å². The van der Waals surface area contributed by atoms with E-state index in [0.717, 1.165) is 5.75 Å². The monoisotopic (exact) mass is 328 g/mol. The Hall–Kier alpha value is -1.43. The molecule has 1 aliphatic rings. The fourth-order valence-electron chi connectivity index (χ4n) is 1.69. The van der Waals surface area contributed by atoms with Gasteiger partial charge in [-0.1, -0.05) is 21.6 Å². The molecule has 0 bridgehead atoms. The lowest BCUT2D eigenvalue weighted by molar-refractivity contribution is -0.798. The van der Waals surface area contributed by atoms with Gasteiger partial charge in [-0.25, -0.2) is 0 Å². The molecule has 1 saturated heterocycles. The molecule has 3 unspecified atom stereocenters. The Labute approximate surface area is 120 Å². The highest BCUT2D eigenvalue weighted by atomic mass is 33.1. The van der Waals surface area contributed by atoms with E-state index in [-0.39, 0.29) is 11.7 Å². The third kappa shape index (κ3) is 5.69. The van der Waals surface area contributed by atoms with Gasteiger partial charge < -0.3 is 14.8 Å². The molecule has 0 aromatic carbocycles. The lowest BCUT2D eigenvalue weighted by atomic mass is 10.0. The molecular formula is C8H12N2O8S2. The summed E-state index contributed by atoms with van der Waals surface area (Å²) in [4.78, 5) is 40.4. The standard InChI is InChI=1S/C8H12N2O8S2/c11-7(12)2-1-5(17-9(13)14)8(18-10(15)16)6-3-4-19-20-6/h5-6,8H,1-4H2,(H,11,12). The van der Waals surface area contributed by atoms with E-state index in [0.29, 0.717) is 6.42 Å². The number of aliphatic carboxylic acids is 1. The molecule has 0 saturated carbocycles. The van der Waals surface area contributed by atoms with Gasteiger partial charge in [0.2, 0.25) is 0 Å². The summed E-state index contributed by atoms with van der Waals surface area (Å²) in [6.07, 6.45) is -2.53. The zero-order valence-electron chi connectivity index (χ0n) is 10.1. The number of nitrogens with zero attached hydrogens (tertiary/aromatic N) is 2. The fourth-order valence-corrected chi connectivity index (χ4v) is 4.73. The molecule has 1 rings (SSSR count). The Kier molecular flexibility index (Phi) is 6.64. The smallest absolute Gasteiger partial charge is 0.303 e. The van der Waals surface area contributed by atoms with Crippen LogP contribution < -0.4 is 0 Å². The minimum absolute atomic E-state index is 0.240. The van der Waals surface area contributed by atoms with Crippen LogP contribution in [0.25, 0.3) is 0 Å². The van der Waals surface area contributed by atoms with Crippen molar-refractivity contribution in [2.24, 2.45) is 0 Å². The van der Waals surface area contributed by atoms with E-state index < -0.39 is 34.8 Å². The lowest BCUT2D eigenvalue weighted by Crippen LogP contribution is -2.41. The molecule has 10 nitrogen and oxygen atoms in total. The minimum Gasteiger partial charge on any atom is -0.481 e. The van der Waals surface area contributed by atoms with E-state index in [1.165, 1.54) is 21.6 Å². The zero-order chi connectivity index (χ0) is 15.1. The molecule has 0 spiro atoms. The van der Waals surface area contributed by atoms with Crippen molar-refractivity contribution in [2.75, 3.05) is 5.75 Å². The first-order chi connectivity index (χ1) is 9.40. The maximum Gasteiger partial charge on any atom is 0.303 e. The second-order valence-electron chi connectivity index (χ2n) is 3.84. The van der Waals surface area contributed by atoms with Crippen LogP contribution in [0.2, 0.25) is 0 Å². The van der Waals surface area contributed by atoms with Gasteiger partial charge in [-0.15, -0.1) is 20.2 Å². The van der Waals surface area contributed by atoms with Gasteiger partial charge in [-0.05, 0) is 12.8 Å². The molecular weight excluding hydrogens is 316 g/mol. The van der Waals surface area contributed by atoms with Crippen molar-refractivity contribution >= 4 is 27.6 Å². The Morgan fingerprint density at radius 3 is 2.45 bits per heavy atom. The summed E-state index contributed by atoms with van der Waals surface area (Å²) in [5.41, 5.74) is 0. The van der Waals surface area contributed by atoms with Gasteiger partial charge in [-0.3, -0.25) is 4.79 Å². The highest BCUT2D eigenvalue weighted by molar-refractivity contribution is 8.77. The maximum atomic E-state index is 10.5. The van der Waals surface area contributed by atoms with Crippen LogP contribution in [0.4, 0.5) is 0 Å².